The molecule has 0 aliphatic heterocycles. The molecule has 0 aliphatic carbocycles. The van der Waals surface area contributed by atoms with Gasteiger partial charge >= 0.3 is 18.2 Å². The zero-order valence-corrected chi connectivity index (χ0v) is 26.0. The molecule has 11 heteroatoms. The van der Waals surface area contributed by atoms with E-state index in [0.717, 1.165) is 10.9 Å². The number of aliphatic carboxylic acids is 1. The molecule has 3 rings (SSSR count). The smallest absolute Gasteiger partial charge is 0.417 e. The van der Waals surface area contributed by atoms with Gasteiger partial charge in [0.15, 0.2) is 0 Å². The van der Waals surface area contributed by atoms with E-state index in [1.54, 1.807) is 84.1 Å². The Morgan fingerprint density at radius 3 is 2.18 bits per heavy atom. The molecule has 0 fully saturated rings. The molecule has 0 bridgehead atoms. The number of aromatic nitrogens is 1. The maximum absolute atomic E-state index is 14.3. The van der Waals surface area contributed by atoms with Crippen molar-refractivity contribution in [2.75, 3.05) is 6.61 Å². The molecule has 1 heterocycles. The number of H-pyrrole nitrogens is 1. The monoisotopic (exact) mass is 607 g/mol. The lowest BCUT2D eigenvalue weighted by atomic mass is 10.0. The molecule has 0 spiro atoms. The number of para-hydroxylation sites is 1. The predicted octanol–water partition coefficient (Wildman–Crippen LogP) is 5.63. The van der Waals surface area contributed by atoms with Crippen LogP contribution in [-0.4, -0.2) is 68.9 Å². The number of carbonyl (C=O) groups excluding carboxylic acids is 3. The van der Waals surface area contributed by atoms with Crippen LogP contribution in [0.3, 0.4) is 0 Å². The van der Waals surface area contributed by atoms with Crippen molar-refractivity contribution >= 4 is 35.0 Å². The highest BCUT2D eigenvalue weighted by molar-refractivity contribution is 6.00. The van der Waals surface area contributed by atoms with E-state index in [1.807, 2.05) is 18.2 Å². The van der Waals surface area contributed by atoms with Crippen molar-refractivity contribution in [2.24, 2.45) is 0 Å². The van der Waals surface area contributed by atoms with E-state index in [2.05, 4.69) is 16.9 Å². The summed E-state index contributed by atoms with van der Waals surface area (Å²) < 4.78 is 16.4. The fourth-order valence-electron chi connectivity index (χ4n) is 4.41. The van der Waals surface area contributed by atoms with E-state index >= 15 is 0 Å². The summed E-state index contributed by atoms with van der Waals surface area (Å²) in [5.41, 5.74) is 0.0337. The van der Waals surface area contributed by atoms with Gasteiger partial charge in [0, 0.05) is 29.9 Å². The Balaban J connectivity index is 2.04. The average molecular weight is 608 g/mol. The van der Waals surface area contributed by atoms with E-state index < -0.39 is 47.3 Å². The maximum atomic E-state index is 14.3. The fourth-order valence-corrected chi connectivity index (χ4v) is 4.41. The summed E-state index contributed by atoms with van der Waals surface area (Å²) in [5.74, 6) is -1.82. The number of nitrogens with zero attached hydrogens (tertiary/aromatic N) is 1. The number of fused-ring (bicyclic) bond motifs is 1. The molecular weight excluding hydrogens is 566 g/mol. The third-order valence-electron chi connectivity index (χ3n) is 6.23. The van der Waals surface area contributed by atoms with Crippen LogP contribution in [0.4, 0.5) is 9.59 Å². The number of carboxylic acids is 1. The summed E-state index contributed by atoms with van der Waals surface area (Å²) in [6.45, 7) is 13.7. The minimum atomic E-state index is -1.66. The Kier molecular flexibility index (Phi) is 10.8. The largest absolute Gasteiger partial charge is 0.490 e. The van der Waals surface area contributed by atoms with Crippen LogP contribution in [0.5, 0.6) is 5.75 Å². The van der Waals surface area contributed by atoms with Gasteiger partial charge in [-0.15, -0.1) is 0 Å². The predicted molar refractivity (Wildman–Crippen MR) is 166 cm³/mol. The molecule has 44 heavy (non-hydrogen) atoms. The van der Waals surface area contributed by atoms with E-state index in [0.29, 0.717) is 28.4 Å². The normalized spacial score (nSPS) is 13.0. The molecule has 3 N–H and O–H groups in total. The Labute approximate surface area is 257 Å². The van der Waals surface area contributed by atoms with Crippen LogP contribution in [0.2, 0.25) is 0 Å². The summed E-state index contributed by atoms with van der Waals surface area (Å²) >= 11 is 0. The SMILES string of the molecule is C=CCOc1ccc(CC(NC(=O)OC(C)(C)C)C(=O)N(C(=O)OC(C)(C)C)[C@H](Cc2c[nH]c3ccccc23)C(=O)O)cc1. The summed E-state index contributed by atoms with van der Waals surface area (Å²) in [6.07, 6.45) is 0.893. The lowest BCUT2D eigenvalue weighted by Gasteiger charge is -2.33. The van der Waals surface area contributed by atoms with Gasteiger partial charge in [0.05, 0.1) is 0 Å². The highest BCUT2D eigenvalue weighted by Gasteiger charge is 2.42. The number of rotatable bonds is 11. The second kappa shape index (κ2) is 14.1. The van der Waals surface area contributed by atoms with Gasteiger partial charge in [0.1, 0.15) is 35.6 Å². The van der Waals surface area contributed by atoms with E-state index in [4.69, 9.17) is 14.2 Å². The van der Waals surface area contributed by atoms with Crippen LogP contribution < -0.4 is 10.1 Å². The standard InChI is InChI=1S/C33H41N3O8/c1-8-17-42-23-15-13-21(14-16-23)18-26(35-30(40)43-32(2,3)4)28(37)36(31(41)44-33(5,6)7)27(29(38)39)19-22-20-34-25-12-10-9-11-24(22)25/h8-16,20,26-27,34H,1,17-19H2,2-7H3,(H,35,40)(H,38,39)/t26?,27-/m1/s1. The quantitative estimate of drug-likeness (QED) is 0.238. The first-order valence-electron chi connectivity index (χ1n) is 14.2. The molecule has 236 valence electrons. The summed E-state index contributed by atoms with van der Waals surface area (Å²) in [6, 6.07) is 11.0. The number of carbonyl (C=O) groups is 4. The zero-order valence-electron chi connectivity index (χ0n) is 26.0. The van der Waals surface area contributed by atoms with Gasteiger partial charge in [-0.25, -0.2) is 19.3 Å². The van der Waals surface area contributed by atoms with Crippen molar-refractivity contribution in [3.05, 3.63) is 78.5 Å². The second-order valence-electron chi connectivity index (χ2n) is 12.3. The molecule has 0 saturated heterocycles. The van der Waals surface area contributed by atoms with Gasteiger partial charge in [-0.3, -0.25) is 4.79 Å². The van der Waals surface area contributed by atoms with Gasteiger partial charge in [0.25, 0.3) is 5.91 Å². The number of alkyl carbamates (subject to hydrolysis) is 1. The number of imide groups is 1. The Bertz CT molecular complexity index is 1480. The number of nitrogens with one attached hydrogen (secondary N) is 2. The minimum absolute atomic E-state index is 0.0848. The van der Waals surface area contributed by atoms with Gasteiger partial charge in [-0.05, 0) is 70.9 Å². The maximum Gasteiger partial charge on any atom is 0.417 e. The second-order valence-corrected chi connectivity index (χ2v) is 12.3. The van der Waals surface area contributed by atoms with Crippen molar-refractivity contribution in [3.8, 4) is 5.75 Å². The molecule has 2 atom stereocenters. The number of ether oxygens (including phenoxy) is 3. The minimum Gasteiger partial charge on any atom is -0.490 e. The first kappa shape index (κ1) is 33.7. The molecule has 1 aromatic heterocycles. The number of aromatic amines is 1. The van der Waals surface area contributed by atoms with Crippen LogP contribution in [-0.2, 0) is 31.9 Å². The topological polar surface area (TPSA) is 147 Å². The molecule has 3 aromatic rings. The Hall–Kier alpha value is -4.80. The summed E-state index contributed by atoms with van der Waals surface area (Å²) in [7, 11) is 0. The first-order valence-corrected chi connectivity index (χ1v) is 14.2. The van der Waals surface area contributed by atoms with Gasteiger partial charge in [0.2, 0.25) is 0 Å². The molecular formula is C33H41N3O8. The Morgan fingerprint density at radius 2 is 1.59 bits per heavy atom. The molecule has 3 amide bonds. The molecule has 0 aliphatic rings. The fraction of sp³-hybridized carbons (Fsp3) is 0.394. The summed E-state index contributed by atoms with van der Waals surface area (Å²) in [5, 5.41) is 13.7. The van der Waals surface area contributed by atoms with Gasteiger partial charge in [-0.2, -0.15) is 0 Å². The van der Waals surface area contributed by atoms with Crippen molar-refractivity contribution < 1.29 is 38.5 Å². The number of amides is 3. The van der Waals surface area contributed by atoms with E-state index in [1.165, 1.54) is 0 Å². The third-order valence-corrected chi connectivity index (χ3v) is 6.23. The molecule has 11 nitrogen and oxygen atoms in total. The van der Waals surface area contributed by atoms with Crippen LogP contribution in [0.15, 0.2) is 67.4 Å². The number of carboxylic acid groups (broad SMARTS) is 1. The van der Waals surface area contributed by atoms with E-state index in [-0.39, 0.29) is 12.8 Å². The number of hydrogen-bond donors (Lipinski definition) is 3. The van der Waals surface area contributed by atoms with Crippen molar-refractivity contribution in [3.63, 3.8) is 0 Å². The van der Waals surface area contributed by atoms with Crippen LogP contribution in [0, 0.1) is 0 Å². The molecule has 0 saturated carbocycles. The van der Waals surface area contributed by atoms with Crippen LogP contribution in [0.25, 0.3) is 10.9 Å². The molecule has 1 unspecified atom stereocenters. The lowest BCUT2D eigenvalue weighted by molar-refractivity contribution is -0.150. The number of benzene rings is 2. The third kappa shape index (κ3) is 9.62. The van der Waals surface area contributed by atoms with Gasteiger partial charge in [-0.1, -0.05) is 43.0 Å². The highest BCUT2D eigenvalue weighted by Crippen LogP contribution is 2.24. The molecule has 2 aromatic carbocycles. The van der Waals surface area contributed by atoms with Crippen molar-refractivity contribution in [1.29, 1.82) is 0 Å². The molecule has 0 radical (unpaired) electrons. The van der Waals surface area contributed by atoms with E-state index in [9.17, 15) is 24.3 Å². The van der Waals surface area contributed by atoms with Crippen LogP contribution >= 0.6 is 0 Å². The number of hydrogen-bond acceptors (Lipinski definition) is 7. The van der Waals surface area contributed by atoms with Crippen molar-refractivity contribution in [2.45, 2.75) is 77.7 Å². The lowest BCUT2D eigenvalue weighted by Crippen LogP contribution is -2.58. The van der Waals surface area contributed by atoms with Crippen molar-refractivity contribution in [1.82, 2.24) is 15.2 Å². The van der Waals surface area contributed by atoms with Gasteiger partial charge < -0.3 is 29.6 Å². The first-order chi connectivity index (χ1) is 20.6. The highest BCUT2D eigenvalue weighted by atomic mass is 16.6. The summed E-state index contributed by atoms with van der Waals surface area (Å²) in [4.78, 5) is 57.2. The zero-order chi connectivity index (χ0) is 32.7. The average Bonchev–Trinajstić information content (AvgIpc) is 3.32. The Morgan fingerprint density at radius 1 is 0.955 bits per heavy atom. The van der Waals surface area contributed by atoms with Crippen LogP contribution in [0.1, 0.15) is 52.7 Å².